The largest absolute Gasteiger partial charge is 0.496 e. The zero-order chi connectivity index (χ0) is 18.4. The number of guanidine groups is 1. The van der Waals surface area contributed by atoms with Crippen LogP contribution in [0.5, 0.6) is 5.75 Å². The number of benzene rings is 1. The smallest absolute Gasteiger partial charge is 0.191 e. The Balaban J connectivity index is 1.39. The highest BCUT2D eigenvalue weighted by Gasteiger charge is 2.32. The van der Waals surface area contributed by atoms with Gasteiger partial charge in [0, 0.05) is 32.7 Å². The van der Waals surface area contributed by atoms with Crippen LogP contribution in [0.4, 0.5) is 0 Å². The molecule has 0 bridgehead atoms. The molecule has 2 fully saturated rings. The van der Waals surface area contributed by atoms with E-state index in [2.05, 4.69) is 45.6 Å². The molecule has 2 atom stereocenters. The molecule has 0 aromatic heterocycles. The molecule has 0 radical (unpaired) electrons. The number of fused-ring (bicyclic) bond motifs is 1. The second-order valence-electron chi connectivity index (χ2n) is 7.18. The number of rotatable bonds is 6. The summed E-state index contributed by atoms with van der Waals surface area (Å²) in [5.74, 6) is 1.77. The van der Waals surface area contributed by atoms with Crippen LogP contribution in [0.2, 0.25) is 0 Å². The van der Waals surface area contributed by atoms with Crippen molar-refractivity contribution in [1.29, 1.82) is 0 Å². The summed E-state index contributed by atoms with van der Waals surface area (Å²) in [4.78, 5) is 6.88. The third-order valence-electron chi connectivity index (χ3n) is 5.36. The minimum Gasteiger partial charge on any atom is -0.496 e. The summed E-state index contributed by atoms with van der Waals surface area (Å²) < 4.78 is 11.4. The van der Waals surface area contributed by atoms with Crippen LogP contribution >= 0.6 is 0 Å². The lowest BCUT2D eigenvalue weighted by Crippen LogP contribution is -2.51. The van der Waals surface area contributed by atoms with Crippen molar-refractivity contribution in [1.82, 2.24) is 15.5 Å². The van der Waals surface area contributed by atoms with Crippen molar-refractivity contribution < 1.29 is 9.47 Å². The third-order valence-corrected chi connectivity index (χ3v) is 5.36. The molecule has 2 aliphatic rings. The molecular weight excluding hydrogens is 328 g/mol. The zero-order valence-electron chi connectivity index (χ0n) is 16.3. The lowest BCUT2D eigenvalue weighted by atomic mass is 10.1. The molecule has 0 amide bonds. The van der Waals surface area contributed by atoms with Gasteiger partial charge in [-0.25, -0.2) is 0 Å². The molecule has 2 N–H and O–H groups in total. The minimum atomic E-state index is 0.240. The van der Waals surface area contributed by atoms with Gasteiger partial charge in [0.25, 0.3) is 0 Å². The number of hydrogen-bond donors (Lipinski definition) is 2. The van der Waals surface area contributed by atoms with E-state index in [0.29, 0.717) is 6.04 Å². The van der Waals surface area contributed by atoms with E-state index in [4.69, 9.17) is 9.47 Å². The van der Waals surface area contributed by atoms with Crippen LogP contribution in [0.1, 0.15) is 24.0 Å². The summed E-state index contributed by atoms with van der Waals surface area (Å²) in [5.41, 5.74) is 2.42. The topological polar surface area (TPSA) is 58.1 Å². The van der Waals surface area contributed by atoms with Gasteiger partial charge in [-0.3, -0.25) is 9.89 Å². The molecular formula is C20H32N4O2. The Labute approximate surface area is 157 Å². The summed E-state index contributed by atoms with van der Waals surface area (Å²) in [7, 11) is 3.52. The van der Waals surface area contributed by atoms with Crippen molar-refractivity contribution in [2.45, 2.75) is 38.3 Å². The van der Waals surface area contributed by atoms with E-state index in [-0.39, 0.29) is 6.10 Å². The molecule has 6 heteroatoms. The van der Waals surface area contributed by atoms with Crippen LogP contribution in [0, 0.1) is 6.92 Å². The Morgan fingerprint density at radius 3 is 3.08 bits per heavy atom. The zero-order valence-corrected chi connectivity index (χ0v) is 16.3. The highest BCUT2D eigenvalue weighted by Crippen LogP contribution is 2.22. The van der Waals surface area contributed by atoms with E-state index in [1.54, 1.807) is 7.11 Å². The highest BCUT2D eigenvalue weighted by atomic mass is 16.5. The molecule has 26 heavy (non-hydrogen) atoms. The van der Waals surface area contributed by atoms with Gasteiger partial charge in [0.05, 0.1) is 19.8 Å². The first kappa shape index (κ1) is 19.0. The van der Waals surface area contributed by atoms with Gasteiger partial charge in [0.2, 0.25) is 0 Å². The number of ether oxygens (including phenoxy) is 2. The number of aryl methyl sites for hydroxylation is 1. The molecule has 2 unspecified atom stereocenters. The number of nitrogens with one attached hydrogen (secondary N) is 2. The van der Waals surface area contributed by atoms with E-state index < -0.39 is 0 Å². The predicted molar refractivity (Wildman–Crippen MR) is 105 cm³/mol. The van der Waals surface area contributed by atoms with Crippen LogP contribution in [0.25, 0.3) is 0 Å². The van der Waals surface area contributed by atoms with Crippen molar-refractivity contribution in [3.63, 3.8) is 0 Å². The monoisotopic (exact) mass is 360 g/mol. The lowest BCUT2D eigenvalue weighted by molar-refractivity contribution is -0.0453. The van der Waals surface area contributed by atoms with Crippen molar-refractivity contribution in [3.8, 4) is 5.75 Å². The number of methoxy groups -OCH3 is 1. The molecule has 2 aliphatic heterocycles. The van der Waals surface area contributed by atoms with Crippen LogP contribution in [0.3, 0.4) is 0 Å². The van der Waals surface area contributed by atoms with Crippen LogP contribution in [0.15, 0.2) is 23.2 Å². The van der Waals surface area contributed by atoms with Crippen LogP contribution < -0.4 is 15.4 Å². The van der Waals surface area contributed by atoms with Gasteiger partial charge in [0.1, 0.15) is 5.75 Å². The predicted octanol–water partition coefficient (Wildman–Crippen LogP) is 1.57. The number of hydrogen-bond acceptors (Lipinski definition) is 4. The van der Waals surface area contributed by atoms with E-state index in [1.165, 1.54) is 24.9 Å². The average Bonchev–Trinajstić information content (AvgIpc) is 3.13. The average molecular weight is 361 g/mol. The molecule has 6 nitrogen and oxygen atoms in total. The molecule has 2 heterocycles. The van der Waals surface area contributed by atoms with Gasteiger partial charge in [-0.1, -0.05) is 12.1 Å². The summed E-state index contributed by atoms with van der Waals surface area (Å²) >= 11 is 0. The Bertz CT molecular complexity index is 620. The van der Waals surface area contributed by atoms with Crippen molar-refractivity contribution in [2.24, 2.45) is 4.99 Å². The highest BCUT2D eigenvalue weighted by molar-refractivity contribution is 5.79. The van der Waals surface area contributed by atoms with Crippen LogP contribution in [-0.2, 0) is 11.2 Å². The van der Waals surface area contributed by atoms with Crippen LogP contribution in [-0.4, -0.2) is 69.9 Å². The molecule has 1 aromatic carbocycles. The summed E-state index contributed by atoms with van der Waals surface area (Å²) in [6.45, 7) is 6.79. The maximum Gasteiger partial charge on any atom is 0.191 e. The van der Waals surface area contributed by atoms with E-state index in [0.717, 1.165) is 49.9 Å². The third kappa shape index (κ3) is 4.89. The second-order valence-corrected chi connectivity index (χ2v) is 7.18. The maximum absolute atomic E-state index is 6.00. The van der Waals surface area contributed by atoms with Gasteiger partial charge < -0.3 is 20.1 Å². The fourth-order valence-electron chi connectivity index (χ4n) is 3.79. The van der Waals surface area contributed by atoms with Crippen molar-refractivity contribution in [3.05, 3.63) is 29.3 Å². The van der Waals surface area contributed by atoms with E-state index in [9.17, 15) is 0 Å². The van der Waals surface area contributed by atoms with E-state index >= 15 is 0 Å². The molecule has 0 spiro atoms. The van der Waals surface area contributed by atoms with Gasteiger partial charge in [-0.2, -0.15) is 0 Å². The molecule has 0 aliphatic carbocycles. The lowest BCUT2D eigenvalue weighted by Gasteiger charge is -2.35. The SMILES string of the molecule is CN=C(NCCc1ccc(C)c(OC)c1)NCC1CN2CCCC2CO1. The summed E-state index contributed by atoms with van der Waals surface area (Å²) in [5, 5.41) is 6.78. The molecule has 144 valence electrons. The minimum absolute atomic E-state index is 0.240. The Hall–Kier alpha value is -1.79. The van der Waals surface area contributed by atoms with Gasteiger partial charge in [-0.15, -0.1) is 0 Å². The number of morpholine rings is 1. The first-order chi connectivity index (χ1) is 12.7. The number of nitrogens with zero attached hydrogens (tertiary/aromatic N) is 2. The maximum atomic E-state index is 6.00. The summed E-state index contributed by atoms with van der Waals surface area (Å²) in [6, 6.07) is 7.01. The van der Waals surface area contributed by atoms with E-state index in [1.807, 2.05) is 7.05 Å². The number of aliphatic imine (C=N–C) groups is 1. The summed E-state index contributed by atoms with van der Waals surface area (Å²) in [6.07, 6.45) is 3.76. The Kier molecular flexibility index (Phi) is 6.74. The molecule has 0 saturated carbocycles. The van der Waals surface area contributed by atoms with Gasteiger partial charge in [-0.05, 0) is 49.9 Å². The normalized spacial score (nSPS) is 23.6. The fourth-order valence-corrected chi connectivity index (χ4v) is 3.79. The standard InChI is InChI=1S/C20H32N4O2/c1-15-6-7-16(11-19(15)25-3)8-9-22-20(21-2)23-12-18-13-24-10-4-5-17(24)14-26-18/h6-7,11,17-18H,4-5,8-10,12-14H2,1-3H3,(H2,21,22,23). The fraction of sp³-hybridized carbons (Fsp3) is 0.650. The van der Waals surface area contributed by atoms with Crippen molar-refractivity contribution in [2.75, 3.05) is 46.9 Å². The van der Waals surface area contributed by atoms with Gasteiger partial charge >= 0.3 is 0 Å². The van der Waals surface area contributed by atoms with Crippen molar-refractivity contribution >= 4 is 5.96 Å². The van der Waals surface area contributed by atoms with Gasteiger partial charge in [0.15, 0.2) is 5.96 Å². The first-order valence-electron chi connectivity index (χ1n) is 9.63. The Morgan fingerprint density at radius 1 is 1.38 bits per heavy atom. The molecule has 2 saturated heterocycles. The quantitative estimate of drug-likeness (QED) is 0.596. The Morgan fingerprint density at radius 2 is 2.27 bits per heavy atom. The first-order valence-corrected chi connectivity index (χ1v) is 9.63. The molecule has 3 rings (SSSR count). The molecule has 1 aromatic rings. The second kappa shape index (κ2) is 9.24.